The van der Waals surface area contributed by atoms with Gasteiger partial charge in [0, 0.05) is 24.8 Å². The fourth-order valence-electron chi connectivity index (χ4n) is 4.03. The molecule has 0 radical (unpaired) electrons. The molecule has 0 saturated heterocycles. The molecule has 0 aliphatic heterocycles. The van der Waals surface area contributed by atoms with Gasteiger partial charge in [-0.1, -0.05) is 37.5 Å². The van der Waals surface area contributed by atoms with Gasteiger partial charge in [0.05, 0.1) is 0 Å². The molecule has 0 atom stereocenters. The van der Waals surface area contributed by atoms with Crippen molar-refractivity contribution in [2.75, 3.05) is 5.32 Å². The van der Waals surface area contributed by atoms with Gasteiger partial charge in [0.15, 0.2) is 5.58 Å². The third-order valence-electron chi connectivity index (χ3n) is 5.54. The third-order valence-corrected chi connectivity index (χ3v) is 5.54. The van der Waals surface area contributed by atoms with Crippen LogP contribution in [0.25, 0.3) is 33.1 Å². The standard InChI is InChI=1S/C22H23N3O/c1-25-12-11-15-7-8-17(14-20(15)25)16-9-10-21-19(13-16)24-22(26-21)23-18-5-3-2-4-6-18/h7-14,18H,2-6H2,1H3,(H,23,24). The summed E-state index contributed by atoms with van der Waals surface area (Å²) < 4.78 is 8.06. The molecule has 0 bridgehead atoms. The first-order chi connectivity index (χ1) is 12.8. The lowest BCUT2D eigenvalue weighted by molar-refractivity contribution is 0.451. The molecule has 0 amide bonds. The number of oxazole rings is 1. The SMILES string of the molecule is Cn1ccc2ccc(-c3ccc4oc(NC5CCCCC5)nc4c3)cc21. The number of hydrogen-bond donors (Lipinski definition) is 1. The van der Waals surface area contributed by atoms with E-state index in [1.54, 1.807) is 0 Å². The monoisotopic (exact) mass is 345 g/mol. The lowest BCUT2D eigenvalue weighted by Crippen LogP contribution is -2.22. The van der Waals surface area contributed by atoms with Crippen molar-refractivity contribution in [3.05, 3.63) is 48.7 Å². The van der Waals surface area contributed by atoms with E-state index in [0.717, 1.165) is 16.7 Å². The van der Waals surface area contributed by atoms with Crippen LogP contribution in [-0.4, -0.2) is 15.6 Å². The van der Waals surface area contributed by atoms with Crippen molar-refractivity contribution in [2.24, 2.45) is 7.05 Å². The highest BCUT2D eigenvalue weighted by Crippen LogP contribution is 2.29. The Hall–Kier alpha value is -2.75. The van der Waals surface area contributed by atoms with Gasteiger partial charge in [-0.15, -0.1) is 0 Å². The van der Waals surface area contributed by atoms with Crippen LogP contribution < -0.4 is 5.32 Å². The van der Waals surface area contributed by atoms with Crippen molar-refractivity contribution in [3.63, 3.8) is 0 Å². The van der Waals surface area contributed by atoms with Gasteiger partial charge in [-0.25, -0.2) is 0 Å². The molecule has 5 rings (SSSR count). The molecule has 1 aliphatic rings. The second-order valence-corrected chi connectivity index (χ2v) is 7.38. The molecule has 4 nitrogen and oxygen atoms in total. The van der Waals surface area contributed by atoms with E-state index in [2.05, 4.69) is 64.5 Å². The fourth-order valence-corrected chi connectivity index (χ4v) is 4.03. The first-order valence-electron chi connectivity index (χ1n) is 9.49. The maximum Gasteiger partial charge on any atom is 0.295 e. The maximum atomic E-state index is 5.91. The molecule has 4 aromatic rings. The molecule has 0 spiro atoms. The van der Waals surface area contributed by atoms with E-state index < -0.39 is 0 Å². The zero-order valence-electron chi connectivity index (χ0n) is 15.0. The molecule has 132 valence electrons. The van der Waals surface area contributed by atoms with Gasteiger partial charge in [0.2, 0.25) is 0 Å². The number of hydrogen-bond acceptors (Lipinski definition) is 3. The number of nitrogens with one attached hydrogen (secondary N) is 1. The predicted molar refractivity (Wildman–Crippen MR) is 106 cm³/mol. The van der Waals surface area contributed by atoms with Crippen LogP contribution in [0.1, 0.15) is 32.1 Å². The zero-order chi connectivity index (χ0) is 17.5. The van der Waals surface area contributed by atoms with Gasteiger partial charge >= 0.3 is 0 Å². The number of nitrogens with zero attached hydrogens (tertiary/aromatic N) is 2. The highest BCUT2D eigenvalue weighted by molar-refractivity contribution is 5.88. The molecule has 2 aromatic heterocycles. The van der Waals surface area contributed by atoms with Crippen LogP contribution in [0.2, 0.25) is 0 Å². The van der Waals surface area contributed by atoms with E-state index in [1.807, 2.05) is 6.07 Å². The van der Waals surface area contributed by atoms with E-state index in [1.165, 1.54) is 48.6 Å². The number of anilines is 1. The number of benzene rings is 2. The molecular weight excluding hydrogens is 322 g/mol. The van der Waals surface area contributed by atoms with Crippen LogP contribution in [0.4, 0.5) is 6.01 Å². The van der Waals surface area contributed by atoms with E-state index in [-0.39, 0.29) is 0 Å². The minimum atomic E-state index is 0.496. The van der Waals surface area contributed by atoms with Crippen molar-refractivity contribution >= 4 is 28.0 Å². The van der Waals surface area contributed by atoms with E-state index in [4.69, 9.17) is 4.42 Å². The summed E-state index contributed by atoms with van der Waals surface area (Å²) in [6.07, 6.45) is 8.45. The number of fused-ring (bicyclic) bond motifs is 2. The lowest BCUT2D eigenvalue weighted by Gasteiger charge is -2.21. The maximum absolute atomic E-state index is 5.91. The van der Waals surface area contributed by atoms with Crippen molar-refractivity contribution in [1.29, 1.82) is 0 Å². The quantitative estimate of drug-likeness (QED) is 0.515. The minimum Gasteiger partial charge on any atom is -0.424 e. The molecule has 1 N–H and O–H groups in total. The minimum absolute atomic E-state index is 0.496. The lowest BCUT2D eigenvalue weighted by atomic mass is 9.96. The van der Waals surface area contributed by atoms with E-state index in [9.17, 15) is 0 Å². The average Bonchev–Trinajstić information content (AvgIpc) is 3.24. The summed E-state index contributed by atoms with van der Waals surface area (Å²) in [6, 6.07) is 16.1. The summed E-state index contributed by atoms with van der Waals surface area (Å²) >= 11 is 0. The zero-order valence-corrected chi connectivity index (χ0v) is 15.0. The van der Waals surface area contributed by atoms with Gasteiger partial charge in [0.1, 0.15) is 5.52 Å². The Kier molecular flexibility index (Phi) is 3.70. The highest BCUT2D eigenvalue weighted by Gasteiger charge is 2.16. The van der Waals surface area contributed by atoms with Crippen molar-refractivity contribution < 1.29 is 4.42 Å². The van der Waals surface area contributed by atoms with Crippen LogP contribution in [-0.2, 0) is 7.05 Å². The van der Waals surface area contributed by atoms with Gasteiger partial charge in [-0.2, -0.15) is 4.98 Å². The first-order valence-corrected chi connectivity index (χ1v) is 9.49. The molecule has 2 heterocycles. The molecule has 1 fully saturated rings. The predicted octanol–water partition coefficient (Wildman–Crippen LogP) is 5.73. The second-order valence-electron chi connectivity index (χ2n) is 7.38. The summed E-state index contributed by atoms with van der Waals surface area (Å²) in [5.41, 5.74) is 5.35. The van der Waals surface area contributed by atoms with Crippen molar-refractivity contribution in [3.8, 4) is 11.1 Å². The topological polar surface area (TPSA) is 43.0 Å². The largest absolute Gasteiger partial charge is 0.424 e. The van der Waals surface area contributed by atoms with Crippen molar-refractivity contribution in [2.45, 2.75) is 38.1 Å². The summed E-state index contributed by atoms with van der Waals surface area (Å²) in [4.78, 5) is 4.68. The van der Waals surface area contributed by atoms with Crippen LogP contribution in [0.3, 0.4) is 0 Å². The Bertz CT molecular complexity index is 1070. The summed E-state index contributed by atoms with van der Waals surface area (Å²) in [6.45, 7) is 0. The smallest absolute Gasteiger partial charge is 0.295 e. The van der Waals surface area contributed by atoms with Gasteiger partial charge < -0.3 is 14.3 Å². The van der Waals surface area contributed by atoms with E-state index >= 15 is 0 Å². The Labute approximate surface area is 152 Å². The molecule has 1 aliphatic carbocycles. The van der Waals surface area contributed by atoms with Crippen LogP contribution >= 0.6 is 0 Å². The fraction of sp³-hybridized carbons (Fsp3) is 0.318. The number of aryl methyl sites for hydroxylation is 1. The Morgan fingerprint density at radius 3 is 2.69 bits per heavy atom. The number of aromatic nitrogens is 2. The first kappa shape index (κ1) is 15.5. The van der Waals surface area contributed by atoms with Crippen molar-refractivity contribution in [1.82, 2.24) is 9.55 Å². The highest BCUT2D eigenvalue weighted by atomic mass is 16.4. The molecule has 26 heavy (non-hydrogen) atoms. The molecule has 2 aromatic carbocycles. The van der Waals surface area contributed by atoms with Crippen LogP contribution in [0.15, 0.2) is 53.1 Å². The molecule has 0 unspecified atom stereocenters. The third kappa shape index (κ3) is 2.75. The number of rotatable bonds is 3. The van der Waals surface area contributed by atoms with Gasteiger partial charge in [-0.3, -0.25) is 0 Å². The van der Waals surface area contributed by atoms with Gasteiger partial charge in [0.25, 0.3) is 6.01 Å². The van der Waals surface area contributed by atoms with Crippen LogP contribution in [0.5, 0.6) is 0 Å². The molecule has 4 heteroatoms. The molecular formula is C22H23N3O. The Balaban J connectivity index is 1.47. The average molecular weight is 345 g/mol. The molecule has 1 saturated carbocycles. The summed E-state index contributed by atoms with van der Waals surface area (Å²) in [5.74, 6) is 0. The Morgan fingerprint density at radius 1 is 1.00 bits per heavy atom. The normalized spacial score (nSPS) is 15.7. The Morgan fingerprint density at radius 2 is 1.81 bits per heavy atom. The summed E-state index contributed by atoms with van der Waals surface area (Å²) in [5, 5.41) is 4.74. The summed E-state index contributed by atoms with van der Waals surface area (Å²) in [7, 11) is 2.08. The van der Waals surface area contributed by atoms with Crippen LogP contribution in [0, 0.1) is 0 Å². The second kappa shape index (κ2) is 6.20. The van der Waals surface area contributed by atoms with Gasteiger partial charge in [-0.05, 0) is 53.6 Å². The van der Waals surface area contributed by atoms with E-state index in [0.29, 0.717) is 12.1 Å².